The van der Waals surface area contributed by atoms with Crippen molar-refractivity contribution in [2.45, 2.75) is 25.2 Å². The largest absolute Gasteiger partial charge is 0.497 e. The monoisotopic (exact) mass is 451 g/mol. The van der Waals surface area contributed by atoms with Gasteiger partial charge < -0.3 is 20.1 Å². The third-order valence-electron chi connectivity index (χ3n) is 5.26. The van der Waals surface area contributed by atoms with Crippen LogP contribution in [0.2, 0.25) is 0 Å². The average Bonchev–Trinajstić information content (AvgIpc) is 3.32. The van der Waals surface area contributed by atoms with Gasteiger partial charge in [-0.3, -0.25) is 9.59 Å². The number of benzene rings is 2. The van der Waals surface area contributed by atoms with Gasteiger partial charge in [0.2, 0.25) is 5.91 Å². The summed E-state index contributed by atoms with van der Waals surface area (Å²) >= 11 is 1.50. The van der Waals surface area contributed by atoms with E-state index in [1.165, 1.54) is 11.3 Å². The number of ether oxygens (including phenoxy) is 1. The molecule has 1 aromatic heterocycles. The number of methoxy groups -OCH3 is 1. The van der Waals surface area contributed by atoms with E-state index in [4.69, 9.17) is 4.74 Å². The normalized spacial score (nSPS) is 12.6. The number of rotatable bonds is 11. The van der Waals surface area contributed by atoms with E-state index >= 15 is 0 Å². The van der Waals surface area contributed by atoms with Crippen LogP contribution in [-0.4, -0.2) is 41.9 Å². The number of ketones is 1. The van der Waals surface area contributed by atoms with Crippen molar-refractivity contribution >= 4 is 30.1 Å². The molecular formula is C24H26BNO5S. The maximum absolute atomic E-state index is 13.2. The molecule has 2 atom stereocenters. The van der Waals surface area contributed by atoms with Gasteiger partial charge in [-0.2, -0.15) is 11.3 Å². The van der Waals surface area contributed by atoms with Gasteiger partial charge in [-0.1, -0.05) is 30.3 Å². The zero-order chi connectivity index (χ0) is 22.9. The van der Waals surface area contributed by atoms with Crippen LogP contribution in [0.5, 0.6) is 5.75 Å². The van der Waals surface area contributed by atoms with E-state index in [9.17, 15) is 19.6 Å². The van der Waals surface area contributed by atoms with E-state index in [-0.39, 0.29) is 24.5 Å². The number of hydrogen-bond acceptors (Lipinski definition) is 6. The van der Waals surface area contributed by atoms with Crippen molar-refractivity contribution in [2.24, 2.45) is 5.92 Å². The second-order valence-corrected chi connectivity index (χ2v) is 8.39. The third-order valence-corrected chi connectivity index (χ3v) is 5.99. The first kappa shape index (κ1) is 23.7. The first-order chi connectivity index (χ1) is 15.5. The molecule has 0 aliphatic heterocycles. The highest BCUT2D eigenvalue weighted by Crippen LogP contribution is 2.19. The summed E-state index contributed by atoms with van der Waals surface area (Å²) < 4.78 is 5.13. The minimum Gasteiger partial charge on any atom is -0.497 e. The molecule has 0 aliphatic carbocycles. The van der Waals surface area contributed by atoms with E-state index in [0.717, 1.165) is 11.1 Å². The summed E-state index contributed by atoms with van der Waals surface area (Å²) in [5.41, 5.74) is 2.32. The van der Waals surface area contributed by atoms with Crippen molar-refractivity contribution in [3.63, 3.8) is 0 Å². The Balaban J connectivity index is 1.75. The first-order valence-electron chi connectivity index (χ1n) is 10.3. The van der Waals surface area contributed by atoms with Crippen molar-refractivity contribution in [3.05, 3.63) is 88.1 Å². The molecule has 0 saturated carbocycles. The molecule has 0 radical (unpaired) electrons. The van der Waals surface area contributed by atoms with Gasteiger partial charge in [-0.15, -0.1) is 0 Å². The van der Waals surface area contributed by atoms with Gasteiger partial charge in [0.1, 0.15) is 5.75 Å². The highest BCUT2D eigenvalue weighted by Gasteiger charge is 2.30. The van der Waals surface area contributed by atoms with E-state index in [2.05, 4.69) is 5.32 Å². The quantitative estimate of drug-likeness (QED) is 0.308. The van der Waals surface area contributed by atoms with E-state index in [0.29, 0.717) is 17.7 Å². The van der Waals surface area contributed by atoms with Crippen LogP contribution in [0.4, 0.5) is 0 Å². The van der Waals surface area contributed by atoms with Gasteiger partial charge in [-0.05, 0) is 65.1 Å². The van der Waals surface area contributed by atoms with Gasteiger partial charge in [0.15, 0.2) is 5.78 Å². The number of carbonyl (C=O) groups excluding carboxylic acids is 2. The molecule has 1 amide bonds. The lowest BCUT2D eigenvalue weighted by molar-refractivity contribution is -0.125. The van der Waals surface area contributed by atoms with Crippen molar-refractivity contribution in [1.82, 2.24) is 5.32 Å². The molecule has 8 heteroatoms. The second-order valence-electron chi connectivity index (χ2n) is 7.61. The Kier molecular flexibility index (Phi) is 8.61. The van der Waals surface area contributed by atoms with Gasteiger partial charge >= 0.3 is 7.12 Å². The van der Waals surface area contributed by atoms with Crippen LogP contribution in [0.25, 0.3) is 0 Å². The molecule has 2 aromatic carbocycles. The van der Waals surface area contributed by atoms with Crippen molar-refractivity contribution in [3.8, 4) is 5.75 Å². The Hall–Kier alpha value is -2.94. The molecule has 0 fully saturated rings. The first-order valence-corrected chi connectivity index (χ1v) is 11.3. The molecule has 166 valence electrons. The van der Waals surface area contributed by atoms with Crippen molar-refractivity contribution in [1.29, 1.82) is 0 Å². The van der Waals surface area contributed by atoms with Crippen molar-refractivity contribution in [2.75, 3.05) is 7.11 Å². The molecular weight excluding hydrogens is 425 g/mol. The maximum atomic E-state index is 13.2. The van der Waals surface area contributed by atoms with E-state index < -0.39 is 19.0 Å². The molecule has 1 unspecified atom stereocenters. The molecule has 0 saturated heterocycles. The van der Waals surface area contributed by atoms with Crippen LogP contribution >= 0.6 is 11.3 Å². The molecule has 0 aliphatic rings. The molecule has 1 heterocycles. The third kappa shape index (κ3) is 6.78. The summed E-state index contributed by atoms with van der Waals surface area (Å²) in [7, 11) is -0.160. The summed E-state index contributed by atoms with van der Waals surface area (Å²) in [6, 6.07) is 18.1. The van der Waals surface area contributed by atoms with Crippen LogP contribution < -0.4 is 10.1 Å². The fraction of sp³-hybridized carbons (Fsp3) is 0.250. The molecule has 0 bridgehead atoms. The Morgan fingerprint density at radius 3 is 2.31 bits per heavy atom. The lowest BCUT2D eigenvalue weighted by Gasteiger charge is -2.22. The molecule has 3 N–H and O–H groups in total. The predicted octanol–water partition coefficient (Wildman–Crippen LogP) is 2.93. The highest BCUT2D eigenvalue weighted by molar-refractivity contribution is 7.07. The Labute approximate surface area is 192 Å². The lowest BCUT2D eigenvalue weighted by atomic mass is 9.75. The van der Waals surface area contributed by atoms with E-state index in [1.807, 2.05) is 47.2 Å². The molecule has 32 heavy (non-hydrogen) atoms. The smallest absolute Gasteiger partial charge is 0.475 e. The second kappa shape index (κ2) is 11.6. The fourth-order valence-electron chi connectivity index (χ4n) is 3.47. The van der Waals surface area contributed by atoms with Crippen molar-refractivity contribution < 1.29 is 24.4 Å². The standard InChI is InChI=1S/C24H26BNO5S/c1-31-21-9-7-19(8-10-21)22(27)15-20(13-17-5-3-2-4-6-17)24(28)26-23(25(29)30)14-18-11-12-32-16-18/h2-12,16,20,23,29-30H,13-15H2,1H3,(H,26,28)/t20-,23?/m0/s1. The zero-order valence-corrected chi connectivity index (χ0v) is 18.6. The Morgan fingerprint density at radius 2 is 1.72 bits per heavy atom. The van der Waals surface area contributed by atoms with Gasteiger partial charge in [0.25, 0.3) is 0 Å². The number of carbonyl (C=O) groups is 2. The Bertz CT molecular complexity index is 993. The van der Waals surface area contributed by atoms with E-state index in [1.54, 1.807) is 31.4 Å². The lowest BCUT2D eigenvalue weighted by Crippen LogP contribution is -2.50. The molecule has 0 spiro atoms. The SMILES string of the molecule is COc1ccc(C(=O)C[C@H](Cc2ccccc2)C(=O)NC(Cc2ccsc2)B(O)O)cc1. The van der Waals surface area contributed by atoms with Gasteiger partial charge in [0, 0.05) is 17.9 Å². The summed E-state index contributed by atoms with van der Waals surface area (Å²) in [5, 5.41) is 26.1. The number of nitrogens with one attached hydrogen (secondary N) is 1. The summed E-state index contributed by atoms with van der Waals surface area (Å²) in [6.07, 6.45) is 0.651. The zero-order valence-electron chi connectivity index (χ0n) is 17.8. The predicted molar refractivity (Wildman–Crippen MR) is 126 cm³/mol. The fourth-order valence-corrected chi connectivity index (χ4v) is 4.15. The van der Waals surface area contributed by atoms with Gasteiger partial charge in [0.05, 0.1) is 13.1 Å². The van der Waals surface area contributed by atoms with Crippen LogP contribution in [0.15, 0.2) is 71.4 Å². The summed E-state index contributed by atoms with van der Waals surface area (Å²) in [6.45, 7) is 0. The van der Waals surface area contributed by atoms with Crippen LogP contribution in [0, 0.1) is 5.92 Å². The molecule has 3 rings (SSSR count). The van der Waals surface area contributed by atoms with Crippen LogP contribution in [0.3, 0.4) is 0 Å². The minimum atomic E-state index is -1.71. The number of hydrogen-bond donors (Lipinski definition) is 3. The van der Waals surface area contributed by atoms with Crippen LogP contribution in [0.1, 0.15) is 27.9 Å². The highest BCUT2D eigenvalue weighted by atomic mass is 32.1. The van der Waals surface area contributed by atoms with Crippen LogP contribution in [-0.2, 0) is 17.6 Å². The molecule has 3 aromatic rings. The summed E-state index contributed by atoms with van der Waals surface area (Å²) in [5.74, 6) is -1.43. The number of thiophene rings is 1. The number of amides is 1. The minimum absolute atomic E-state index is 0.000247. The topological polar surface area (TPSA) is 95.9 Å². The Morgan fingerprint density at radius 1 is 1.00 bits per heavy atom. The van der Waals surface area contributed by atoms with Gasteiger partial charge in [-0.25, -0.2) is 0 Å². The maximum Gasteiger partial charge on any atom is 0.475 e. The average molecular weight is 451 g/mol. The summed E-state index contributed by atoms with van der Waals surface area (Å²) in [4.78, 5) is 26.1. The molecule has 6 nitrogen and oxygen atoms in total. The number of Topliss-reactive ketones (excluding diaryl/α,β-unsaturated/α-hetero) is 1.